The van der Waals surface area contributed by atoms with Crippen LogP contribution in [0.5, 0.6) is 0 Å². The first-order valence-electron chi connectivity index (χ1n) is 5.22. The molecule has 0 unspecified atom stereocenters. The SMILES string of the molecule is Cc1cc(Br)ccc1NCC(C)(CO)CO. The molecule has 0 aliphatic carbocycles. The highest BCUT2D eigenvalue weighted by Gasteiger charge is 2.22. The summed E-state index contributed by atoms with van der Waals surface area (Å²) >= 11 is 3.41. The van der Waals surface area contributed by atoms with E-state index in [0.29, 0.717) is 6.54 Å². The number of nitrogens with one attached hydrogen (secondary N) is 1. The molecule has 0 radical (unpaired) electrons. The second-order valence-electron chi connectivity index (χ2n) is 4.44. The van der Waals surface area contributed by atoms with Crippen LogP contribution in [0.2, 0.25) is 0 Å². The normalized spacial score (nSPS) is 11.6. The monoisotopic (exact) mass is 287 g/mol. The van der Waals surface area contributed by atoms with Gasteiger partial charge in [-0.1, -0.05) is 22.9 Å². The number of aliphatic hydroxyl groups is 2. The average molecular weight is 288 g/mol. The van der Waals surface area contributed by atoms with E-state index in [0.717, 1.165) is 15.7 Å². The molecular weight excluding hydrogens is 270 g/mol. The highest BCUT2D eigenvalue weighted by molar-refractivity contribution is 9.10. The van der Waals surface area contributed by atoms with Crippen LogP contribution in [0.1, 0.15) is 12.5 Å². The largest absolute Gasteiger partial charge is 0.396 e. The summed E-state index contributed by atoms with van der Waals surface area (Å²) in [4.78, 5) is 0. The van der Waals surface area contributed by atoms with Crippen molar-refractivity contribution in [2.45, 2.75) is 13.8 Å². The molecule has 3 nitrogen and oxygen atoms in total. The molecule has 3 N–H and O–H groups in total. The van der Waals surface area contributed by atoms with Crippen LogP contribution in [0, 0.1) is 12.3 Å². The van der Waals surface area contributed by atoms with Gasteiger partial charge < -0.3 is 15.5 Å². The van der Waals surface area contributed by atoms with Gasteiger partial charge in [-0.25, -0.2) is 0 Å². The summed E-state index contributed by atoms with van der Waals surface area (Å²) in [5.41, 5.74) is 1.67. The summed E-state index contributed by atoms with van der Waals surface area (Å²) in [6.07, 6.45) is 0. The van der Waals surface area contributed by atoms with Gasteiger partial charge in [-0.2, -0.15) is 0 Å². The van der Waals surface area contributed by atoms with E-state index in [1.54, 1.807) is 0 Å². The second-order valence-corrected chi connectivity index (χ2v) is 5.36. The molecule has 1 aromatic rings. The Hall–Kier alpha value is -0.580. The Bertz CT molecular complexity index is 351. The summed E-state index contributed by atoms with van der Waals surface area (Å²) < 4.78 is 1.04. The Balaban J connectivity index is 2.67. The van der Waals surface area contributed by atoms with Gasteiger partial charge in [-0.3, -0.25) is 0 Å². The van der Waals surface area contributed by atoms with Gasteiger partial charge in [0.15, 0.2) is 0 Å². The van der Waals surface area contributed by atoms with Crippen LogP contribution in [0.15, 0.2) is 22.7 Å². The van der Waals surface area contributed by atoms with Gasteiger partial charge in [0.1, 0.15) is 0 Å². The number of rotatable bonds is 5. The van der Waals surface area contributed by atoms with Gasteiger partial charge in [0.2, 0.25) is 0 Å². The minimum Gasteiger partial charge on any atom is -0.396 e. The number of hydrogen-bond acceptors (Lipinski definition) is 3. The summed E-state index contributed by atoms with van der Waals surface area (Å²) in [5, 5.41) is 21.6. The van der Waals surface area contributed by atoms with Crippen molar-refractivity contribution in [3.63, 3.8) is 0 Å². The van der Waals surface area contributed by atoms with Crippen molar-refractivity contribution in [2.24, 2.45) is 5.41 Å². The molecular formula is C12H18BrNO2. The van der Waals surface area contributed by atoms with Crippen LogP contribution in [0.4, 0.5) is 5.69 Å². The van der Waals surface area contributed by atoms with E-state index < -0.39 is 5.41 Å². The highest BCUT2D eigenvalue weighted by atomic mass is 79.9. The molecule has 0 amide bonds. The van der Waals surface area contributed by atoms with E-state index in [4.69, 9.17) is 10.2 Å². The first-order valence-corrected chi connectivity index (χ1v) is 6.02. The van der Waals surface area contributed by atoms with Gasteiger partial charge in [-0.15, -0.1) is 0 Å². The Kier molecular flexibility index (Phi) is 4.77. The fraction of sp³-hybridized carbons (Fsp3) is 0.500. The Morgan fingerprint density at radius 2 is 1.94 bits per heavy atom. The van der Waals surface area contributed by atoms with E-state index in [1.807, 2.05) is 32.0 Å². The smallest absolute Gasteiger partial charge is 0.0523 e. The molecule has 0 bridgehead atoms. The minimum absolute atomic E-state index is 0.0356. The fourth-order valence-corrected chi connectivity index (χ4v) is 1.77. The molecule has 0 aromatic heterocycles. The van der Waals surface area contributed by atoms with Crippen molar-refractivity contribution in [1.82, 2.24) is 0 Å². The topological polar surface area (TPSA) is 52.5 Å². The van der Waals surface area contributed by atoms with Crippen molar-refractivity contribution in [3.05, 3.63) is 28.2 Å². The molecule has 0 aliphatic heterocycles. The summed E-state index contributed by atoms with van der Waals surface area (Å²) in [7, 11) is 0. The molecule has 4 heteroatoms. The number of halogens is 1. The summed E-state index contributed by atoms with van der Waals surface area (Å²) in [5.74, 6) is 0. The molecule has 0 fully saturated rings. The number of hydrogen-bond donors (Lipinski definition) is 3. The van der Waals surface area contributed by atoms with Gasteiger partial charge in [-0.05, 0) is 30.7 Å². The van der Waals surface area contributed by atoms with Crippen LogP contribution < -0.4 is 5.32 Å². The van der Waals surface area contributed by atoms with E-state index in [9.17, 15) is 0 Å². The van der Waals surface area contributed by atoms with Gasteiger partial charge in [0.05, 0.1) is 13.2 Å². The molecule has 0 atom stereocenters. The molecule has 0 aliphatic rings. The molecule has 1 aromatic carbocycles. The lowest BCUT2D eigenvalue weighted by atomic mass is 9.93. The molecule has 1 rings (SSSR count). The van der Waals surface area contributed by atoms with Crippen molar-refractivity contribution >= 4 is 21.6 Å². The number of anilines is 1. The zero-order chi connectivity index (χ0) is 12.2. The maximum atomic E-state index is 9.17. The van der Waals surface area contributed by atoms with Crippen LogP contribution in [-0.4, -0.2) is 30.0 Å². The molecule has 0 saturated heterocycles. The van der Waals surface area contributed by atoms with Crippen molar-refractivity contribution in [1.29, 1.82) is 0 Å². The Labute approximate surface area is 105 Å². The van der Waals surface area contributed by atoms with Gasteiger partial charge in [0.25, 0.3) is 0 Å². The number of aliphatic hydroxyl groups excluding tert-OH is 2. The summed E-state index contributed by atoms with van der Waals surface area (Å²) in [6.45, 7) is 4.33. The third-order valence-corrected chi connectivity index (χ3v) is 3.15. The molecule has 0 saturated carbocycles. The van der Waals surface area contributed by atoms with E-state index >= 15 is 0 Å². The molecule has 0 spiro atoms. The molecule has 90 valence electrons. The lowest BCUT2D eigenvalue weighted by Crippen LogP contribution is -2.34. The van der Waals surface area contributed by atoms with Crippen LogP contribution >= 0.6 is 15.9 Å². The van der Waals surface area contributed by atoms with E-state index in [1.165, 1.54) is 0 Å². The lowest BCUT2D eigenvalue weighted by molar-refractivity contribution is 0.0806. The zero-order valence-corrected chi connectivity index (χ0v) is 11.2. The lowest BCUT2D eigenvalue weighted by Gasteiger charge is -2.25. The maximum Gasteiger partial charge on any atom is 0.0523 e. The minimum atomic E-state index is -0.487. The Morgan fingerprint density at radius 3 is 2.44 bits per heavy atom. The van der Waals surface area contributed by atoms with Crippen molar-refractivity contribution in [2.75, 3.05) is 25.1 Å². The summed E-state index contributed by atoms with van der Waals surface area (Å²) in [6, 6.07) is 5.97. The first kappa shape index (κ1) is 13.5. The fourth-order valence-electron chi connectivity index (χ4n) is 1.30. The molecule has 0 heterocycles. The third kappa shape index (κ3) is 3.47. The zero-order valence-electron chi connectivity index (χ0n) is 9.63. The van der Waals surface area contributed by atoms with Gasteiger partial charge >= 0.3 is 0 Å². The quantitative estimate of drug-likeness (QED) is 0.778. The van der Waals surface area contributed by atoms with Gasteiger partial charge in [0, 0.05) is 22.1 Å². The van der Waals surface area contributed by atoms with Crippen LogP contribution in [0.25, 0.3) is 0 Å². The van der Waals surface area contributed by atoms with E-state index in [2.05, 4.69) is 21.2 Å². The highest BCUT2D eigenvalue weighted by Crippen LogP contribution is 2.22. The van der Waals surface area contributed by atoms with Crippen LogP contribution in [-0.2, 0) is 0 Å². The Morgan fingerprint density at radius 1 is 1.31 bits per heavy atom. The first-order chi connectivity index (χ1) is 7.50. The van der Waals surface area contributed by atoms with E-state index in [-0.39, 0.29) is 13.2 Å². The standard InChI is InChI=1S/C12H18BrNO2/c1-9-5-10(13)3-4-11(9)14-6-12(2,7-15)8-16/h3-5,14-16H,6-8H2,1-2H3. The van der Waals surface area contributed by atoms with Crippen LogP contribution in [0.3, 0.4) is 0 Å². The average Bonchev–Trinajstić information content (AvgIpc) is 2.27. The van der Waals surface area contributed by atoms with Crippen molar-refractivity contribution in [3.8, 4) is 0 Å². The second kappa shape index (κ2) is 5.66. The van der Waals surface area contributed by atoms with Crippen molar-refractivity contribution < 1.29 is 10.2 Å². The predicted octanol–water partition coefficient (Wildman–Crippen LogP) is 2.16. The molecule has 16 heavy (non-hydrogen) atoms. The number of benzene rings is 1. The maximum absolute atomic E-state index is 9.17. The third-order valence-electron chi connectivity index (χ3n) is 2.66. The number of aryl methyl sites for hydroxylation is 1. The predicted molar refractivity (Wildman–Crippen MR) is 69.6 cm³/mol.